The molecule has 0 saturated carbocycles. The van der Waals surface area contributed by atoms with Gasteiger partial charge in [-0.1, -0.05) is 36.4 Å². The quantitative estimate of drug-likeness (QED) is 0.602. The lowest BCUT2D eigenvalue weighted by Crippen LogP contribution is -2.31. The lowest BCUT2D eigenvalue weighted by Gasteiger charge is -2.14. The average molecular weight is 346 g/mol. The van der Waals surface area contributed by atoms with Gasteiger partial charge in [-0.2, -0.15) is 4.68 Å². The highest BCUT2D eigenvalue weighted by molar-refractivity contribution is 5.83. The van der Waals surface area contributed by atoms with Crippen molar-refractivity contribution in [3.05, 3.63) is 72.7 Å². The van der Waals surface area contributed by atoms with Gasteiger partial charge in [0, 0.05) is 11.7 Å². The van der Waals surface area contributed by atoms with E-state index in [1.54, 1.807) is 4.68 Å². The highest BCUT2D eigenvalue weighted by Gasteiger charge is 2.18. The molecule has 0 aliphatic carbocycles. The van der Waals surface area contributed by atoms with E-state index in [2.05, 4.69) is 20.8 Å². The highest BCUT2D eigenvalue weighted by Crippen LogP contribution is 2.16. The molecule has 0 spiro atoms. The first-order chi connectivity index (χ1) is 12.7. The number of tetrazole rings is 1. The van der Waals surface area contributed by atoms with Crippen molar-refractivity contribution in [3.8, 4) is 5.69 Å². The Kier molecular flexibility index (Phi) is 4.18. The molecule has 1 N–H and O–H groups in total. The molecule has 0 radical (unpaired) electrons. The molecular formula is C19H18N6O. The van der Waals surface area contributed by atoms with Gasteiger partial charge < -0.3 is 9.88 Å². The number of benzene rings is 2. The van der Waals surface area contributed by atoms with Gasteiger partial charge in [-0.25, -0.2) is 0 Å². The Hall–Kier alpha value is -3.48. The zero-order chi connectivity index (χ0) is 17.9. The number of para-hydroxylation sites is 2. The van der Waals surface area contributed by atoms with Crippen LogP contribution in [0.1, 0.15) is 18.8 Å². The summed E-state index contributed by atoms with van der Waals surface area (Å²) < 4.78 is 3.56. The molecule has 1 atom stereocenters. The summed E-state index contributed by atoms with van der Waals surface area (Å²) in [5.41, 5.74) is 1.88. The summed E-state index contributed by atoms with van der Waals surface area (Å²) in [6.45, 7) is 2.11. The molecule has 4 rings (SSSR count). The van der Waals surface area contributed by atoms with E-state index < -0.39 is 0 Å². The summed E-state index contributed by atoms with van der Waals surface area (Å²) in [6.07, 6.45) is 1.92. The van der Waals surface area contributed by atoms with Gasteiger partial charge in [0.15, 0.2) is 5.82 Å². The van der Waals surface area contributed by atoms with Crippen molar-refractivity contribution in [2.75, 3.05) is 0 Å². The Labute approximate surface area is 150 Å². The minimum atomic E-state index is -0.320. The SMILES string of the molecule is CC(NC(=O)Cn1ccc2ccccc21)c1nnnn1-c1ccccc1. The second-order valence-electron chi connectivity index (χ2n) is 6.08. The smallest absolute Gasteiger partial charge is 0.240 e. The van der Waals surface area contributed by atoms with Crippen molar-refractivity contribution in [3.63, 3.8) is 0 Å². The van der Waals surface area contributed by atoms with E-state index in [1.165, 1.54) is 0 Å². The van der Waals surface area contributed by atoms with Gasteiger partial charge in [0.1, 0.15) is 6.54 Å². The summed E-state index contributed by atoms with van der Waals surface area (Å²) in [4.78, 5) is 12.5. The van der Waals surface area contributed by atoms with E-state index in [0.717, 1.165) is 16.6 Å². The number of nitrogens with one attached hydrogen (secondary N) is 1. The van der Waals surface area contributed by atoms with Crippen LogP contribution in [-0.2, 0) is 11.3 Å². The van der Waals surface area contributed by atoms with Gasteiger partial charge in [-0.3, -0.25) is 4.79 Å². The summed E-state index contributed by atoms with van der Waals surface area (Å²) >= 11 is 0. The molecule has 26 heavy (non-hydrogen) atoms. The normalized spacial score (nSPS) is 12.2. The number of fused-ring (bicyclic) bond motifs is 1. The van der Waals surface area contributed by atoms with E-state index in [9.17, 15) is 4.79 Å². The van der Waals surface area contributed by atoms with Crippen molar-refractivity contribution in [2.24, 2.45) is 0 Å². The maximum atomic E-state index is 12.5. The van der Waals surface area contributed by atoms with Crippen LogP contribution in [-0.4, -0.2) is 30.7 Å². The molecule has 1 amide bonds. The predicted molar refractivity (Wildman–Crippen MR) is 97.6 cm³/mol. The second-order valence-corrected chi connectivity index (χ2v) is 6.08. The maximum Gasteiger partial charge on any atom is 0.240 e. The fraction of sp³-hybridized carbons (Fsp3) is 0.158. The molecule has 7 nitrogen and oxygen atoms in total. The standard InChI is InChI=1S/C19H18N6O/c1-14(19-21-22-23-25(19)16-8-3-2-4-9-16)20-18(26)13-24-12-11-15-7-5-6-10-17(15)24/h2-12,14H,13H2,1H3,(H,20,26). The van der Waals surface area contributed by atoms with E-state index in [-0.39, 0.29) is 18.5 Å². The number of nitrogens with zero attached hydrogens (tertiary/aromatic N) is 5. The average Bonchev–Trinajstić information content (AvgIpc) is 3.30. The Morgan fingerprint density at radius 3 is 2.69 bits per heavy atom. The number of rotatable bonds is 5. The molecule has 2 heterocycles. The van der Waals surface area contributed by atoms with Crippen molar-refractivity contribution >= 4 is 16.8 Å². The third kappa shape index (κ3) is 3.06. The first kappa shape index (κ1) is 16.0. The molecule has 2 aromatic heterocycles. The summed E-state index contributed by atoms with van der Waals surface area (Å²) in [6, 6.07) is 19.3. The molecule has 4 aromatic rings. The first-order valence-corrected chi connectivity index (χ1v) is 8.39. The molecule has 1 unspecified atom stereocenters. The van der Waals surface area contributed by atoms with Gasteiger partial charge in [-0.15, -0.1) is 5.10 Å². The van der Waals surface area contributed by atoms with Crippen LogP contribution in [0.4, 0.5) is 0 Å². The predicted octanol–water partition coefficient (Wildman–Crippen LogP) is 2.49. The molecule has 130 valence electrons. The lowest BCUT2D eigenvalue weighted by atomic mass is 10.2. The van der Waals surface area contributed by atoms with Gasteiger partial charge in [0.2, 0.25) is 5.91 Å². The number of amides is 1. The van der Waals surface area contributed by atoms with Crippen LogP contribution in [0.5, 0.6) is 0 Å². The first-order valence-electron chi connectivity index (χ1n) is 8.39. The highest BCUT2D eigenvalue weighted by atomic mass is 16.2. The van der Waals surface area contributed by atoms with Crippen LogP contribution in [0, 0.1) is 0 Å². The van der Waals surface area contributed by atoms with Gasteiger partial charge in [0.25, 0.3) is 0 Å². The molecule has 0 aliphatic rings. The zero-order valence-electron chi connectivity index (χ0n) is 14.3. The Morgan fingerprint density at radius 1 is 1.08 bits per heavy atom. The molecular weight excluding hydrogens is 328 g/mol. The topological polar surface area (TPSA) is 77.6 Å². The van der Waals surface area contributed by atoms with Crippen LogP contribution in [0.25, 0.3) is 16.6 Å². The number of carbonyl (C=O) groups excluding carboxylic acids is 1. The largest absolute Gasteiger partial charge is 0.345 e. The van der Waals surface area contributed by atoms with Crippen molar-refractivity contribution < 1.29 is 4.79 Å². The lowest BCUT2D eigenvalue weighted by molar-refractivity contribution is -0.122. The minimum Gasteiger partial charge on any atom is -0.345 e. The van der Waals surface area contributed by atoms with E-state index >= 15 is 0 Å². The molecule has 7 heteroatoms. The molecule has 2 aromatic carbocycles. The molecule has 0 bridgehead atoms. The van der Waals surface area contributed by atoms with Crippen LogP contribution < -0.4 is 5.32 Å². The van der Waals surface area contributed by atoms with Crippen LogP contribution >= 0.6 is 0 Å². The second kappa shape index (κ2) is 6.79. The van der Waals surface area contributed by atoms with E-state index in [0.29, 0.717) is 5.82 Å². The molecule has 0 aliphatic heterocycles. The van der Waals surface area contributed by atoms with Gasteiger partial charge >= 0.3 is 0 Å². The Bertz CT molecular complexity index is 1040. The fourth-order valence-corrected chi connectivity index (χ4v) is 3.00. The van der Waals surface area contributed by atoms with Crippen molar-refractivity contribution in [1.82, 2.24) is 30.1 Å². The number of hydrogen-bond acceptors (Lipinski definition) is 4. The van der Waals surface area contributed by atoms with E-state index in [1.807, 2.05) is 78.4 Å². The number of carbonyl (C=O) groups is 1. The fourth-order valence-electron chi connectivity index (χ4n) is 3.00. The minimum absolute atomic E-state index is 0.0959. The Morgan fingerprint density at radius 2 is 1.85 bits per heavy atom. The zero-order valence-corrected chi connectivity index (χ0v) is 14.3. The summed E-state index contributed by atoms with van der Waals surface area (Å²) in [7, 11) is 0. The van der Waals surface area contributed by atoms with Crippen molar-refractivity contribution in [1.29, 1.82) is 0 Å². The van der Waals surface area contributed by atoms with Crippen LogP contribution in [0.2, 0.25) is 0 Å². The van der Waals surface area contributed by atoms with Crippen LogP contribution in [0.3, 0.4) is 0 Å². The van der Waals surface area contributed by atoms with E-state index in [4.69, 9.17) is 0 Å². The Balaban J connectivity index is 1.49. The third-order valence-electron chi connectivity index (χ3n) is 4.25. The maximum absolute atomic E-state index is 12.5. The van der Waals surface area contributed by atoms with Crippen LogP contribution in [0.15, 0.2) is 66.9 Å². The number of aromatic nitrogens is 5. The summed E-state index contributed by atoms with van der Waals surface area (Å²) in [5, 5.41) is 15.9. The van der Waals surface area contributed by atoms with Gasteiger partial charge in [0.05, 0.1) is 11.7 Å². The van der Waals surface area contributed by atoms with Crippen molar-refractivity contribution in [2.45, 2.75) is 19.5 Å². The number of hydrogen-bond donors (Lipinski definition) is 1. The van der Waals surface area contributed by atoms with Gasteiger partial charge in [-0.05, 0) is 47.0 Å². The molecule has 0 fully saturated rings. The third-order valence-corrected chi connectivity index (χ3v) is 4.25. The monoisotopic (exact) mass is 346 g/mol. The molecule has 0 saturated heterocycles. The summed E-state index contributed by atoms with van der Waals surface area (Å²) in [5.74, 6) is 0.489.